The summed E-state index contributed by atoms with van der Waals surface area (Å²) < 4.78 is 0. The standard InChI is InChI=1S/C10H18N2O2/c1-8(13)7-12-6-4-3-5-9(11-2)10(12)14/h9,11H,3-7H2,1-2H3. The van der Waals surface area contributed by atoms with E-state index in [1.807, 2.05) is 0 Å². The molecule has 1 unspecified atom stereocenters. The fourth-order valence-corrected chi connectivity index (χ4v) is 1.80. The van der Waals surface area contributed by atoms with Gasteiger partial charge < -0.3 is 10.2 Å². The number of nitrogens with one attached hydrogen (secondary N) is 1. The summed E-state index contributed by atoms with van der Waals surface area (Å²) in [6.07, 6.45) is 2.92. The molecule has 0 aromatic heterocycles. The van der Waals surface area contributed by atoms with Crippen molar-refractivity contribution in [2.45, 2.75) is 32.2 Å². The quantitative estimate of drug-likeness (QED) is 0.703. The fraction of sp³-hybridized carbons (Fsp3) is 0.800. The highest BCUT2D eigenvalue weighted by Gasteiger charge is 2.25. The highest BCUT2D eigenvalue weighted by atomic mass is 16.2. The van der Waals surface area contributed by atoms with Crippen LogP contribution in [0.2, 0.25) is 0 Å². The lowest BCUT2D eigenvalue weighted by Gasteiger charge is -2.22. The largest absolute Gasteiger partial charge is 0.334 e. The predicted molar refractivity (Wildman–Crippen MR) is 54.0 cm³/mol. The molecule has 1 amide bonds. The molecule has 0 bridgehead atoms. The monoisotopic (exact) mass is 198 g/mol. The van der Waals surface area contributed by atoms with E-state index in [1.165, 1.54) is 6.92 Å². The Morgan fingerprint density at radius 2 is 2.29 bits per heavy atom. The topological polar surface area (TPSA) is 49.4 Å². The number of hydrogen-bond acceptors (Lipinski definition) is 3. The van der Waals surface area contributed by atoms with E-state index in [-0.39, 0.29) is 24.3 Å². The van der Waals surface area contributed by atoms with Crippen LogP contribution in [-0.4, -0.2) is 42.8 Å². The summed E-state index contributed by atoms with van der Waals surface area (Å²) >= 11 is 0. The smallest absolute Gasteiger partial charge is 0.240 e. The van der Waals surface area contributed by atoms with Crippen LogP contribution in [0.3, 0.4) is 0 Å². The predicted octanol–water partition coefficient (Wildman–Crippen LogP) is 0.176. The molecular formula is C10H18N2O2. The van der Waals surface area contributed by atoms with E-state index < -0.39 is 0 Å². The van der Waals surface area contributed by atoms with E-state index in [0.29, 0.717) is 0 Å². The molecule has 0 aromatic carbocycles. The average molecular weight is 198 g/mol. The van der Waals surface area contributed by atoms with Crippen LogP contribution in [-0.2, 0) is 9.59 Å². The molecule has 1 aliphatic rings. The maximum absolute atomic E-state index is 11.8. The molecule has 1 atom stereocenters. The van der Waals surface area contributed by atoms with Gasteiger partial charge in [0.2, 0.25) is 5.91 Å². The first-order valence-electron chi connectivity index (χ1n) is 5.10. The Morgan fingerprint density at radius 3 is 2.86 bits per heavy atom. The van der Waals surface area contributed by atoms with E-state index in [9.17, 15) is 9.59 Å². The third kappa shape index (κ3) is 2.80. The van der Waals surface area contributed by atoms with Crippen molar-refractivity contribution in [3.63, 3.8) is 0 Å². The van der Waals surface area contributed by atoms with Crippen molar-refractivity contribution in [3.8, 4) is 0 Å². The third-order valence-corrected chi connectivity index (χ3v) is 2.54. The maximum Gasteiger partial charge on any atom is 0.240 e. The van der Waals surface area contributed by atoms with Gasteiger partial charge in [0, 0.05) is 6.54 Å². The van der Waals surface area contributed by atoms with Crippen LogP contribution >= 0.6 is 0 Å². The van der Waals surface area contributed by atoms with Crippen molar-refractivity contribution in [3.05, 3.63) is 0 Å². The normalized spacial score (nSPS) is 23.4. The Hall–Kier alpha value is -0.900. The lowest BCUT2D eigenvalue weighted by molar-refractivity contribution is -0.136. The molecule has 1 saturated heterocycles. The van der Waals surface area contributed by atoms with Crippen LogP contribution in [0.25, 0.3) is 0 Å². The number of Topliss-reactive ketones (excluding diaryl/α,β-unsaturated/α-hetero) is 1. The number of hydrogen-bond donors (Lipinski definition) is 1. The lowest BCUT2D eigenvalue weighted by Crippen LogP contribution is -2.45. The van der Waals surface area contributed by atoms with Gasteiger partial charge in [0.25, 0.3) is 0 Å². The minimum absolute atomic E-state index is 0.0510. The van der Waals surface area contributed by atoms with Crippen molar-refractivity contribution in [2.24, 2.45) is 0 Å². The van der Waals surface area contributed by atoms with E-state index in [1.54, 1.807) is 11.9 Å². The molecule has 14 heavy (non-hydrogen) atoms. The maximum atomic E-state index is 11.8. The van der Waals surface area contributed by atoms with Crippen LogP contribution in [0.1, 0.15) is 26.2 Å². The Morgan fingerprint density at radius 1 is 1.57 bits per heavy atom. The number of carbonyl (C=O) groups excluding carboxylic acids is 2. The first-order chi connectivity index (χ1) is 6.65. The van der Waals surface area contributed by atoms with Gasteiger partial charge in [-0.05, 0) is 33.2 Å². The van der Waals surface area contributed by atoms with Gasteiger partial charge in [-0.25, -0.2) is 0 Å². The van der Waals surface area contributed by atoms with Gasteiger partial charge in [0.05, 0.1) is 12.6 Å². The van der Waals surface area contributed by atoms with Crippen LogP contribution < -0.4 is 5.32 Å². The molecule has 1 rings (SSSR count). The Balaban J connectivity index is 2.63. The number of likely N-dealkylation sites (N-methyl/N-ethyl adjacent to an activating group) is 1. The SMILES string of the molecule is CNC1CCCCN(CC(C)=O)C1=O. The van der Waals surface area contributed by atoms with Gasteiger partial charge in [-0.3, -0.25) is 9.59 Å². The molecule has 0 saturated carbocycles. The molecule has 0 aromatic rings. The minimum atomic E-state index is -0.100. The summed E-state index contributed by atoms with van der Waals surface area (Å²) in [5, 5.41) is 2.99. The molecule has 80 valence electrons. The van der Waals surface area contributed by atoms with Gasteiger partial charge in [-0.15, -0.1) is 0 Å². The molecule has 1 aliphatic heterocycles. The third-order valence-electron chi connectivity index (χ3n) is 2.54. The summed E-state index contributed by atoms with van der Waals surface area (Å²) in [6.45, 7) is 2.50. The number of likely N-dealkylation sites (tertiary alicyclic amines) is 1. The highest BCUT2D eigenvalue weighted by Crippen LogP contribution is 2.11. The Labute approximate surface area is 84.7 Å². The highest BCUT2D eigenvalue weighted by molar-refractivity contribution is 5.87. The van der Waals surface area contributed by atoms with Gasteiger partial charge in [0.1, 0.15) is 5.78 Å². The summed E-state index contributed by atoms with van der Waals surface area (Å²) in [5.41, 5.74) is 0. The van der Waals surface area contributed by atoms with Crippen LogP contribution in [0.4, 0.5) is 0 Å². The molecule has 0 radical (unpaired) electrons. The molecule has 0 spiro atoms. The van der Waals surface area contributed by atoms with Gasteiger partial charge in [-0.1, -0.05) is 0 Å². The van der Waals surface area contributed by atoms with Crippen molar-refractivity contribution in [2.75, 3.05) is 20.1 Å². The van der Waals surface area contributed by atoms with Crippen molar-refractivity contribution in [1.82, 2.24) is 10.2 Å². The average Bonchev–Trinajstić information content (AvgIpc) is 2.29. The summed E-state index contributed by atoms with van der Waals surface area (Å²) in [6, 6.07) is -0.100. The first kappa shape index (κ1) is 11.2. The second kappa shape index (κ2) is 5.10. The van der Waals surface area contributed by atoms with Crippen molar-refractivity contribution >= 4 is 11.7 Å². The number of rotatable bonds is 3. The molecule has 1 fully saturated rings. The lowest BCUT2D eigenvalue weighted by atomic mass is 10.1. The van der Waals surface area contributed by atoms with E-state index >= 15 is 0 Å². The number of ketones is 1. The van der Waals surface area contributed by atoms with Crippen LogP contribution in [0.15, 0.2) is 0 Å². The zero-order chi connectivity index (χ0) is 10.6. The van der Waals surface area contributed by atoms with Crippen LogP contribution in [0, 0.1) is 0 Å². The van der Waals surface area contributed by atoms with E-state index in [4.69, 9.17) is 0 Å². The van der Waals surface area contributed by atoms with E-state index in [0.717, 1.165) is 25.8 Å². The second-order valence-corrected chi connectivity index (χ2v) is 3.80. The van der Waals surface area contributed by atoms with Crippen molar-refractivity contribution < 1.29 is 9.59 Å². The molecular weight excluding hydrogens is 180 g/mol. The van der Waals surface area contributed by atoms with E-state index in [2.05, 4.69) is 5.32 Å². The minimum Gasteiger partial charge on any atom is -0.334 e. The second-order valence-electron chi connectivity index (χ2n) is 3.80. The van der Waals surface area contributed by atoms with Gasteiger partial charge >= 0.3 is 0 Å². The number of amides is 1. The molecule has 0 aliphatic carbocycles. The van der Waals surface area contributed by atoms with Gasteiger partial charge in [0.15, 0.2) is 0 Å². The molecule has 1 N–H and O–H groups in total. The summed E-state index contributed by atoms with van der Waals surface area (Å²) in [4.78, 5) is 24.4. The van der Waals surface area contributed by atoms with Crippen molar-refractivity contribution in [1.29, 1.82) is 0 Å². The molecule has 4 heteroatoms. The fourth-order valence-electron chi connectivity index (χ4n) is 1.80. The molecule has 4 nitrogen and oxygen atoms in total. The number of carbonyl (C=O) groups is 2. The van der Waals surface area contributed by atoms with Crippen LogP contribution in [0.5, 0.6) is 0 Å². The first-order valence-corrected chi connectivity index (χ1v) is 5.10. The number of nitrogens with zero attached hydrogens (tertiary/aromatic N) is 1. The van der Waals surface area contributed by atoms with Gasteiger partial charge in [-0.2, -0.15) is 0 Å². The molecule has 1 heterocycles. The summed E-state index contributed by atoms with van der Waals surface area (Å²) in [5.74, 6) is 0.121. The Bertz CT molecular complexity index is 228. The summed E-state index contributed by atoms with van der Waals surface area (Å²) in [7, 11) is 1.79. The zero-order valence-corrected chi connectivity index (χ0v) is 8.88. The Kier molecular flexibility index (Phi) is 4.07. The zero-order valence-electron chi connectivity index (χ0n) is 8.88.